The van der Waals surface area contributed by atoms with E-state index in [0.717, 1.165) is 38.6 Å². The molecule has 5 nitrogen and oxygen atoms in total. The van der Waals surface area contributed by atoms with E-state index in [0.29, 0.717) is 42.4 Å². The average Bonchev–Trinajstić information content (AvgIpc) is 3.05. The molecule has 3 aliphatic rings. The predicted molar refractivity (Wildman–Crippen MR) is 105 cm³/mol. The standard InChI is InChI=1S/C22H31N3O2/c26-21(14-16-12-18-9-10-19(13-16)24-18)25-11-5-4-8-20(25)15-23-22(27)17-6-2-1-3-7-17/h1-3,6-7,16,18-20,24H,4-5,8-15H2,(H,23,27). The molecule has 2 amide bonds. The first-order chi connectivity index (χ1) is 13.2. The van der Waals surface area contributed by atoms with Gasteiger partial charge in [0.25, 0.3) is 5.91 Å². The van der Waals surface area contributed by atoms with Crippen molar-refractivity contribution in [3.8, 4) is 0 Å². The topological polar surface area (TPSA) is 61.4 Å². The molecule has 3 atom stereocenters. The van der Waals surface area contributed by atoms with Crippen molar-refractivity contribution in [1.29, 1.82) is 0 Å². The van der Waals surface area contributed by atoms with E-state index in [1.807, 2.05) is 30.3 Å². The number of carbonyl (C=O) groups is 2. The van der Waals surface area contributed by atoms with Gasteiger partial charge in [-0.05, 0) is 63.0 Å². The van der Waals surface area contributed by atoms with E-state index < -0.39 is 0 Å². The van der Waals surface area contributed by atoms with Gasteiger partial charge in [-0.2, -0.15) is 0 Å². The molecule has 3 aliphatic heterocycles. The third-order valence-electron chi connectivity index (χ3n) is 6.52. The van der Waals surface area contributed by atoms with E-state index in [-0.39, 0.29) is 11.9 Å². The number of carbonyl (C=O) groups excluding carboxylic acids is 2. The fraction of sp³-hybridized carbons (Fsp3) is 0.636. The van der Waals surface area contributed by atoms with Crippen molar-refractivity contribution in [1.82, 2.24) is 15.5 Å². The maximum Gasteiger partial charge on any atom is 0.251 e. The summed E-state index contributed by atoms with van der Waals surface area (Å²) in [6, 6.07) is 10.7. The van der Waals surface area contributed by atoms with E-state index in [2.05, 4.69) is 15.5 Å². The highest BCUT2D eigenvalue weighted by atomic mass is 16.2. The number of hydrogen-bond acceptors (Lipinski definition) is 3. The molecule has 0 aliphatic carbocycles. The van der Waals surface area contributed by atoms with Crippen molar-refractivity contribution in [2.45, 2.75) is 69.5 Å². The predicted octanol–water partition coefficient (Wildman–Crippen LogP) is 2.72. The smallest absolute Gasteiger partial charge is 0.251 e. The molecule has 4 rings (SSSR count). The van der Waals surface area contributed by atoms with Crippen LogP contribution in [0.1, 0.15) is 61.7 Å². The maximum atomic E-state index is 13.0. The summed E-state index contributed by atoms with van der Waals surface area (Å²) in [4.78, 5) is 27.4. The number of amides is 2. The molecule has 27 heavy (non-hydrogen) atoms. The molecule has 1 aromatic rings. The molecular formula is C22H31N3O2. The van der Waals surface area contributed by atoms with E-state index in [1.165, 1.54) is 12.8 Å². The first kappa shape index (κ1) is 18.5. The maximum absolute atomic E-state index is 13.0. The monoisotopic (exact) mass is 369 g/mol. The van der Waals surface area contributed by atoms with Crippen LogP contribution in [0.3, 0.4) is 0 Å². The van der Waals surface area contributed by atoms with E-state index in [9.17, 15) is 9.59 Å². The Kier molecular flexibility index (Phi) is 5.77. The molecule has 2 N–H and O–H groups in total. The lowest BCUT2D eigenvalue weighted by atomic mass is 9.88. The third kappa shape index (κ3) is 4.52. The molecule has 5 heteroatoms. The summed E-state index contributed by atoms with van der Waals surface area (Å²) >= 11 is 0. The summed E-state index contributed by atoms with van der Waals surface area (Å²) in [6.45, 7) is 1.39. The van der Waals surface area contributed by atoms with Gasteiger partial charge in [0, 0.05) is 43.2 Å². The van der Waals surface area contributed by atoms with Crippen molar-refractivity contribution in [2.24, 2.45) is 5.92 Å². The minimum Gasteiger partial charge on any atom is -0.350 e. The molecule has 0 spiro atoms. The first-order valence-electron chi connectivity index (χ1n) is 10.6. The van der Waals surface area contributed by atoms with Crippen molar-refractivity contribution >= 4 is 11.8 Å². The van der Waals surface area contributed by atoms with E-state index in [1.54, 1.807) is 0 Å². The van der Waals surface area contributed by atoms with E-state index in [4.69, 9.17) is 0 Å². The number of nitrogens with one attached hydrogen (secondary N) is 2. The van der Waals surface area contributed by atoms with Crippen molar-refractivity contribution < 1.29 is 9.59 Å². The van der Waals surface area contributed by atoms with Gasteiger partial charge in [-0.3, -0.25) is 9.59 Å². The number of nitrogens with zero attached hydrogens (tertiary/aromatic N) is 1. The van der Waals surface area contributed by atoms with Crippen molar-refractivity contribution in [2.75, 3.05) is 13.1 Å². The van der Waals surface area contributed by atoms with Crippen LogP contribution in [0.5, 0.6) is 0 Å². The largest absolute Gasteiger partial charge is 0.350 e. The highest BCUT2D eigenvalue weighted by Crippen LogP contribution is 2.33. The van der Waals surface area contributed by atoms with Crippen LogP contribution in [-0.4, -0.2) is 47.9 Å². The van der Waals surface area contributed by atoms with Crippen LogP contribution in [0.4, 0.5) is 0 Å². The Morgan fingerprint density at radius 3 is 2.52 bits per heavy atom. The normalized spacial score (nSPS) is 30.1. The molecule has 0 saturated carbocycles. The minimum absolute atomic E-state index is 0.0523. The van der Waals surface area contributed by atoms with Crippen LogP contribution in [0.25, 0.3) is 0 Å². The zero-order chi connectivity index (χ0) is 18.6. The van der Waals surface area contributed by atoms with Gasteiger partial charge in [-0.1, -0.05) is 18.2 Å². The third-order valence-corrected chi connectivity index (χ3v) is 6.52. The zero-order valence-electron chi connectivity index (χ0n) is 16.0. The number of rotatable bonds is 5. The lowest BCUT2D eigenvalue weighted by Crippen LogP contribution is -2.50. The van der Waals surface area contributed by atoms with E-state index >= 15 is 0 Å². The van der Waals surface area contributed by atoms with Crippen LogP contribution in [-0.2, 0) is 4.79 Å². The molecule has 1 aromatic carbocycles. The van der Waals surface area contributed by atoms with Crippen molar-refractivity contribution in [3.63, 3.8) is 0 Å². The Balaban J connectivity index is 1.31. The first-order valence-corrected chi connectivity index (χ1v) is 10.6. The van der Waals surface area contributed by atoms with Crippen LogP contribution >= 0.6 is 0 Å². The van der Waals surface area contributed by atoms with Gasteiger partial charge in [-0.25, -0.2) is 0 Å². The second-order valence-electron chi connectivity index (χ2n) is 8.49. The summed E-state index contributed by atoms with van der Waals surface area (Å²) in [5.41, 5.74) is 0.677. The molecule has 2 bridgehead atoms. The molecule has 3 fully saturated rings. The Morgan fingerprint density at radius 1 is 1.04 bits per heavy atom. The SMILES string of the molecule is O=C(NCC1CCCCN1C(=O)CC1CC2CCC(C1)N2)c1ccccc1. The quantitative estimate of drug-likeness (QED) is 0.839. The van der Waals surface area contributed by atoms with Gasteiger partial charge in [0.2, 0.25) is 5.91 Å². The summed E-state index contributed by atoms with van der Waals surface area (Å²) in [6.07, 6.45) is 8.70. The van der Waals surface area contributed by atoms with Gasteiger partial charge < -0.3 is 15.5 Å². The molecular weight excluding hydrogens is 338 g/mol. The lowest BCUT2D eigenvalue weighted by molar-refractivity contribution is -0.136. The second kappa shape index (κ2) is 8.42. The molecule has 0 aromatic heterocycles. The number of hydrogen-bond donors (Lipinski definition) is 2. The Labute approximate surface area is 161 Å². The fourth-order valence-electron chi connectivity index (χ4n) is 5.15. The average molecular weight is 370 g/mol. The van der Waals surface area contributed by atoms with Crippen LogP contribution in [0.2, 0.25) is 0 Å². The van der Waals surface area contributed by atoms with Crippen molar-refractivity contribution in [3.05, 3.63) is 35.9 Å². The summed E-state index contributed by atoms with van der Waals surface area (Å²) < 4.78 is 0. The zero-order valence-corrected chi connectivity index (χ0v) is 16.0. The second-order valence-corrected chi connectivity index (χ2v) is 8.49. The number of benzene rings is 1. The summed E-state index contributed by atoms with van der Waals surface area (Å²) in [7, 11) is 0. The highest BCUT2D eigenvalue weighted by Gasteiger charge is 2.36. The van der Waals surface area contributed by atoms with Crippen LogP contribution in [0.15, 0.2) is 30.3 Å². The van der Waals surface area contributed by atoms with Gasteiger partial charge in [-0.15, -0.1) is 0 Å². The Morgan fingerprint density at radius 2 is 1.78 bits per heavy atom. The highest BCUT2D eigenvalue weighted by molar-refractivity contribution is 5.94. The van der Waals surface area contributed by atoms with Gasteiger partial charge in [0.1, 0.15) is 0 Å². The summed E-state index contributed by atoms with van der Waals surface area (Å²) in [5.74, 6) is 0.765. The van der Waals surface area contributed by atoms with Crippen LogP contribution in [0, 0.1) is 5.92 Å². The number of likely N-dealkylation sites (tertiary alicyclic amines) is 1. The molecule has 3 heterocycles. The molecule has 146 valence electrons. The van der Waals surface area contributed by atoms with Gasteiger partial charge in [0.05, 0.1) is 0 Å². The fourth-order valence-corrected chi connectivity index (χ4v) is 5.15. The number of piperidine rings is 2. The molecule has 3 unspecified atom stereocenters. The summed E-state index contributed by atoms with van der Waals surface area (Å²) in [5, 5.41) is 6.70. The number of fused-ring (bicyclic) bond motifs is 2. The van der Waals surface area contributed by atoms with Gasteiger partial charge in [0.15, 0.2) is 0 Å². The Bertz CT molecular complexity index is 651. The molecule has 0 radical (unpaired) electrons. The molecule has 3 saturated heterocycles. The Hall–Kier alpha value is -1.88. The lowest BCUT2D eigenvalue weighted by Gasteiger charge is -2.37. The van der Waals surface area contributed by atoms with Crippen LogP contribution < -0.4 is 10.6 Å². The van der Waals surface area contributed by atoms with Gasteiger partial charge >= 0.3 is 0 Å². The minimum atomic E-state index is -0.0523.